The molecule has 32 heavy (non-hydrogen) atoms. The zero-order valence-electron chi connectivity index (χ0n) is 18.3. The predicted octanol–water partition coefficient (Wildman–Crippen LogP) is 3.77. The van der Waals surface area contributed by atoms with Gasteiger partial charge in [-0.2, -0.15) is 0 Å². The highest BCUT2D eigenvalue weighted by atomic mass is 35.5. The van der Waals surface area contributed by atoms with Crippen LogP contribution in [0.15, 0.2) is 48.5 Å². The summed E-state index contributed by atoms with van der Waals surface area (Å²) in [5.74, 6) is -0.766. The van der Waals surface area contributed by atoms with E-state index in [1.165, 1.54) is 11.6 Å². The van der Waals surface area contributed by atoms with Crippen molar-refractivity contribution >= 4 is 35.0 Å². The molecular formula is C24H29Cl2N3O3. The van der Waals surface area contributed by atoms with Crippen LogP contribution in [0.3, 0.4) is 0 Å². The Bertz CT molecular complexity index is 924. The molecule has 1 aliphatic heterocycles. The number of hydrogen-bond acceptors (Lipinski definition) is 4. The van der Waals surface area contributed by atoms with Crippen LogP contribution in [0.25, 0.3) is 0 Å². The Morgan fingerprint density at radius 3 is 2.59 bits per heavy atom. The molecule has 1 heterocycles. The number of morpholine rings is 1. The second kappa shape index (κ2) is 11.7. The van der Waals surface area contributed by atoms with Crippen molar-refractivity contribution in [3.63, 3.8) is 0 Å². The van der Waals surface area contributed by atoms with E-state index >= 15 is 0 Å². The minimum absolute atomic E-state index is 0.105. The van der Waals surface area contributed by atoms with E-state index in [-0.39, 0.29) is 28.5 Å². The Labute approximate surface area is 199 Å². The highest BCUT2D eigenvalue weighted by Crippen LogP contribution is 2.21. The van der Waals surface area contributed by atoms with Crippen molar-refractivity contribution in [1.29, 1.82) is 0 Å². The number of halogens is 2. The second-order valence-electron chi connectivity index (χ2n) is 8.28. The minimum atomic E-state index is -0.696. The number of nitrogens with zero attached hydrogens (tertiary/aromatic N) is 1. The summed E-state index contributed by atoms with van der Waals surface area (Å²) in [6, 6.07) is 14.2. The topological polar surface area (TPSA) is 70.7 Å². The first kappa shape index (κ1) is 24.5. The van der Waals surface area contributed by atoms with Crippen LogP contribution in [0.2, 0.25) is 10.0 Å². The molecule has 6 nitrogen and oxygen atoms in total. The van der Waals surface area contributed by atoms with Crippen molar-refractivity contribution in [2.24, 2.45) is 5.92 Å². The lowest BCUT2D eigenvalue weighted by Crippen LogP contribution is -2.53. The molecule has 0 aromatic heterocycles. The van der Waals surface area contributed by atoms with E-state index in [0.29, 0.717) is 18.2 Å². The van der Waals surface area contributed by atoms with E-state index in [1.807, 2.05) is 32.0 Å². The van der Waals surface area contributed by atoms with E-state index in [0.717, 1.165) is 19.6 Å². The Kier molecular flexibility index (Phi) is 8.93. The highest BCUT2D eigenvalue weighted by molar-refractivity contribution is 6.36. The number of amides is 2. The largest absolute Gasteiger partial charge is 0.374 e. The molecule has 3 rings (SSSR count). The maximum Gasteiger partial charge on any atom is 0.253 e. The van der Waals surface area contributed by atoms with Crippen LogP contribution < -0.4 is 10.6 Å². The number of hydrogen-bond donors (Lipinski definition) is 2. The molecule has 0 radical (unpaired) electrons. The minimum Gasteiger partial charge on any atom is -0.374 e. The lowest BCUT2D eigenvalue weighted by Gasteiger charge is -2.33. The first-order valence-corrected chi connectivity index (χ1v) is 11.5. The fourth-order valence-electron chi connectivity index (χ4n) is 3.64. The number of benzene rings is 2. The molecule has 2 aromatic carbocycles. The summed E-state index contributed by atoms with van der Waals surface area (Å²) in [5.41, 5.74) is 1.53. The summed E-state index contributed by atoms with van der Waals surface area (Å²) < 4.78 is 5.84. The molecule has 1 fully saturated rings. The standard InChI is InChI=1S/C24H29Cl2N3O3/c1-16(2)22(28-23(30)20-9-8-18(25)12-21(20)26)24(31)27-13-19-15-29(10-11-32-19)14-17-6-4-3-5-7-17/h3-9,12,16,19,22H,10-11,13-15H2,1-2H3,(H,27,31)(H,28,30). The van der Waals surface area contributed by atoms with Gasteiger partial charge in [0.25, 0.3) is 5.91 Å². The van der Waals surface area contributed by atoms with Crippen molar-refractivity contribution in [2.75, 3.05) is 26.2 Å². The van der Waals surface area contributed by atoms with Crippen LogP contribution in [0.1, 0.15) is 29.8 Å². The number of nitrogens with one attached hydrogen (secondary N) is 2. The van der Waals surface area contributed by atoms with Gasteiger partial charge in [0, 0.05) is 31.2 Å². The number of rotatable bonds is 8. The van der Waals surface area contributed by atoms with Gasteiger partial charge in [-0.1, -0.05) is 67.4 Å². The Morgan fingerprint density at radius 2 is 1.91 bits per heavy atom. The summed E-state index contributed by atoms with van der Waals surface area (Å²) in [6.07, 6.45) is -0.106. The molecular weight excluding hydrogens is 449 g/mol. The molecule has 2 unspecified atom stereocenters. The van der Waals surface area contributed by atoms with Crippen LogP contribution in [-0.2, 0) is 16.1 Å². The van der Waals surface area contributed by atoms with Crippen LogP contribution in [0.5, 0.6) is 0 Å². The summed E-state index contributed by atoms with van der Waals surface area (Å²) >= 11 is 12.0. The number of carbonyl (C=O) groups excluding carboxylic acids is 2. The van der Waals surface area contributed by atoms with E-state index in [4.69, 9.17) is 27.9 Å². The monoisotopic (exact) mass is 477 g/mol. The summed E-state index contributed by atoms with van der Waals surface area (Å²) in [7, 11) is 0. The molecule has 2 atom stereocenters. The SMILES string of the molecule is CC(C)C(NC(=O)c1ccc(Cl)cc1Cl)C(=O)NCC1CN(Cc2ccccc2)CCO1. The summed E-state index contributed by atoms with van der Waals surface area (Å²) in [4.78, 5) is 27.8. The Hall–Kier alpha value is -2.12. The predicted molar refractivity (Wildman–Crippen MR) is 127 cm³/mol. The maximum absolute atomic E-state index is 12.9. The molecule has 2 amide bonds. The van der Waals surface area contributed by atoms with Gasteiger partial charge >= 0.3 is 0 Å². The normalized spacial score (nSPS) is 17.7. The molecule has 1 aliphatic rings. The zero-order chi connectivity index (χ0) is 23.1. The molecule has 172 valence electrons. The molecule has 2 aromatic rings. The van der Waals surface area contributed by atoms with E-state index in [9.17, 15) is 9.59 Å². The van der Waals surface area contributed by atoms with Crippen molar-refractivity contribution in [1.82, 2.24) is 15.5 Å². The van der Waals surface area contributed by atoms with E-state index in [2.05, 4.69) is 27.7 Å². The third-order valence-electron chi connectivity index (χ3n) is 5.39. The fourth-order valence-corrected chi connectivity index (χ4v) is 4.14. The lowest BCUT2D eigenvalue weighted by atomic mass is 10.0. The third kappa shape index (κ3) is 6.94. The van der Waals surface area contributed by atoms with Gasteiger partial charge in [0.2, 0.25) is 5.91 Å². The zero-order valence-corrected chi connectivity index (χ0v) is 19.8. The highest BCUT2D eigenvalue weighted by Gasteiger charge is 2.27. The van der Waals surface area contributed by atoms with Crippen molar-refractivity contribution in [3.05, 3.63) is 69.7 Å². The fraction of sp³-hybridized carbons (Fsp3) is 0.417. The van der Waals surface area contributed by atoms with Gasteiger partial charge in [0.15, 0.2) is 0 Å². The Morgan fingerprint density at radius 1 is 1.16 bits per heavy atom. The van der Waals surface area contributed by atoms with Gasteiger partial charge in [-0.3, -0.25) is 14.5 Å². The quantitative estimate of drug-likeness (QED) is 0.606. The molecule has 0 aliphatic carbocycles. The number of carbonyl (C=O) groups is 2. The van der Waals surface area contributed by atoms with Crippen LogP contribution in [0.4, 0.5) is 0 Å². The molecule has 0 saturated carbocycles. The van der Waals surface area contributed by atoms with Gasteiger partial charge < -0.3 is 15.4 Å². The van der Waals surface area contributed by atoms with Gasteiger partial charge in [-0.15, -0.1) is 0 Å². The van der Waals surface area contributed by atoms with Gasteiger partial charge in [-0.25, -0.2) is 0 Å². The molecule has 0 bridgehead atoms. The summed E-state index contributed by atoms with van der Waals surface area (Å²) in [5, 5.41) is 6.42. The van der Waals surface area contributed by atoms with Crippen LogP contribution in [-0.4, -0.2) is 55.1 Å². The number of ether oxygens (including phenoxy) is 1. The third-order valence-corrected chi connectivity index (χ3v) is 5.94. The molecule has 8 heteroatoms. The van der Waals surface area contributed by atoms with Crippen LogP contribution >= 0.6 is 23.2 Å². The average molecular weight is 478 g/mol. The smallest absolute Gasteiger partial charge is 0.253 e. The van der Waals surface area contributed by atoms with Gasteiger partial charge in [-0.05, 0) is 29.7 Å². The Balaban J connectivity index is 1.53. The van der Waals surface area contributed by atoms with Gasteiger partial charge in [0.1, 0.15) is 6.04 Å². The van der Waals surface area contributed by atoms with Crippen LogP contribution in [0, 0.1) is 5.92 Å². The molecule has 1 saturated heterocycles. The van der Waals surface area contributed by atoms with E-state index in [1.54, 1.807) is 12.1 Å². The van der Waals surface area contributed by atoms with Crippen molar-refractivity contribution in [3.8, 4) is 0 Å². The molecule has 2 N–H and O–H groups in total. The lowest BCUT2D eigenvalue weighted by molar-refractivity contribution is -0.125. The van der Waals surface area contributed by atoms with Crippen molar-refractivity contribution in [2.45, 2.75) is 32.5 Å². The average Bonchev–Trinajstić information content (AvgIpc) is 2.76. The molecule has 0 spiro atoms. The second-order valence-corrected chi connectivity index (χ2v) is 9.12. The van der Waals surface area contributed by atoms with E-state index < -0.39 is 11.9 Å². The summed E-state index contributed by atoms with van der Waals surface area (Å²) in [6.45, 7) is 7.19. The first-order chi connectivity index (χ1) is 15.3. The maximum atomic E-state index is 12.9. The van der Waals surface area contributed by atoms with Gasteiger partial charge in [0.05, 0.1) is 23.3 Å². The van der Waals surface area contributed by atoms with Crippen molar-refractivity contribution < 1.29 is 14.3 Å². The first-order valence-electron chi connectivity index (χ1n) is 10.7.